The molecule has 0 bridgehead atoms. The van der Waals surface area contributed by atoms with Gasteiger partial charge in [0.1, 0.15) is 0 Å². The highest BCUT2D eigenvalue weighted by atomic mass is 32.1. The van der Waals surface area contributed by atoms with E-state index in [9.17, 15) is 4.79 Å². The predicted octanol–water partition coefficient (Wildman–Crippen LogP) is 3.71. The second-order valence-corrected chi connectivity index (χ2v) is 7.94. The van der Waals surface area contributed by atoms with Crippen LogP contribution >= 0.6 is 11.3 Å². The Kier molecular flexibility index (Phi) is 4.89. The molecule has 1 unspecified atom stereocenters. The number of piperidine rings is 1. The standard InChI is InChI=1S/C17H24N4O2S/c1-10-9-15(12(3)24-10)11(2)18-17(22)21-7-5-14(6-8-21)16-19-13(4)20-23-16/h9,11,14H,5-8H2,1-4H3,(H,18,22). The van der Waals surface area contributed by atoms with Gasteiger partial charge in [-0.15, -0.1) is 11.3 Å². The molecule has 1 fully saturated rings. The second kappa shape index (κ2) is 6.93. The van der Waals surface area contributed by atoms with Gasteiger partial charge in [-0.1, -0.05) is 5.16 Å². The number of likely N-dealkylation sites (tertiary alicyclic amines) is 1. The zero-order valence-corrected chi connectivity index (χ0v) is 15.4. The maximum atomic E-state index is 12.5. The highest BCUT2D eigenvalue weighted by Gasteiger charge is 2.28. The number of aryl methyl sites for hydroxylation is 3. The Balaban J connectivity index is 1.54. The lowest BCUT2D eigenvalue weighted by molar-refractivity contribution is 0.172. The molecule has 3 heterocycles. The number of urea groups is 1. The molecule has 1 atom stereocenters. The van der Waals surface area contributed by atoms with Crippen molar-refractivity contribution < 1.29 is 9.32 Å². The topological polar surface area (TPSA) is 71.3 Å². The highest BCUT2D eigenvalue weighted by Crippen LogP contribution is 2.28. The maximum absolute atomic E-state index is 12.5. The van der Waals surface area contributed by atoms with Gasteiger partial charge in [-0.2, -0.15) is 4.98 Å². The minimum absolute atomic E-state index is 0.00547. The Morgan fingerprint density at radius 3 is 2.62 bits per heavy atom. The summed E-state index contributed by atoms with van der Waals surface area (Å²) in [5, 5.41) is 6.97. The van der Waals surface area contributed by atoms with Gasteiger partial charge in [0, 0.05) is 28.8 Å². The normalized spacial score (nSPS) is 17.1. The summed E-state index contributed by atoms with van der Waals surface area (Å²) in [7, 11) is 0. The molecule has 2 aromatic rings. The number of carbonyl (C=O) groups is 1. The van der Waals surface area contributed by atoms with Gasteiger partial charge in [-0.25, -0.2) is 4.79 Å². The zero-order chi connectivity index (χ0) is 17.3. The number of hydrogen-bond donors (Lipinski definition) is 1. The summed E-state index contributed by atoms with van der Waals surface area (Å²) in [5.41, 5.74) is 1.21. The molecule has 24 heavy (non-hydrogen) atoms. The summed E-state index contributed by atoms with van der Waals surface area (Å²) in [5.74, 6) is 1.63. The molecule has 2 aromatic heterocycles. The SMILES string of the molecule is Cc1noc(C2CCN(C(=O)NC(C)c3cc(C)sc3C)CC2)n1. The van der Waals surface area contributed by atoms with Crippen molar-refractivity contribution in [2.24, 2.45) is 0 Å². The van der Waals surface area contributed by atoms with Gasteiger partial charge in [0.25, 0.3) is 0 Å². The Morgan fingerprint density at radius 2 is 2.08 bits per heavy atom. The molecular weight excluding hydrogens is 324 g/mol. The number of aromatic nitrogens is 2. The number of hydrogen-bond acceptors (Lipinski definition) is 5. The molecule has 0 aliphatic carbocycles. The van der Waals surface area contributed by atoms with Gasteiger partial charge in [0.05, 0.1) is 6.04 Å². The summed E-state index contributed by atoms with van der Waals surface area (Å²) >= 11 is 1.77. The first-order valence-corrected chi connectivity index (χ1v) is 9.18. The van der Waals surface area contributed by atoms with E-state index in [1.165, 1.54) is 15.3 Å². The van der Waals surface area contributed by atoms with E-state index in [-0.39, 0.29) is 18.0 Å². The Hall–Kier alpha value is -1.89. The van der Waals surface area contributed by atoms with Crippen LogP contribution in [0.3, 0.4) is 0 Å². The van der Waals surface area contributed by atoms with Crippen molar-refractivity contribution in [3.63, 3.8) is 0 Å². The lowest BCUT2D eigenvalue weighted by Crippen LogP contribution is -2.44. The minimum atomic E-state index is 0.00547. The molecule has 1 aliphatic heterocycles. The van der Waals surface area contributed by atoms with Crippen molar-refractivity contribution in [3.8, 4) is 0 Å². The van der Waals surface area contributed by atoms with Crippen LogP contribution in [0, 0.1) is 20.8 Å². The quantitative estimate of drug-likeness (QED) is 0.918. The van der Waals surface area contributed by atoms with Crippen molar-refractivity contribution in [3.05, 3.63) is 33.1 Å². The van der Waals surface area contributed by atoms with Crippen molar-refractivity contribution >= 4 is 17.4 Å². The lowest BCUT2D eigenvalue weighted by Gasteiger charge is -2.31. The lowest BCUT2D eigenvalue weighted by atomic mass is 9.97. The number of nitrogens with zero attached hydrogens (tertiary/aromatic N) is 3. The number of nitrogens with one attached hydrogen (secondary N) is 1. The van der Waals surface area contributed by atoms with Crippen LogP contribution in [0.4, 0.5) is 4.79 Å². The first kappa shape index (κ1) is 17.0. The van der Waals surface area contributed by atoms with Gasteiger partial charge < -0.3 is 14.7 Å². The van der Waals surface area contributed by atoms with Crippen molar-refractivity contribution in [1.29, 1.82) is 0 Å². The van der Waals surface area contributed by atoms with E-state index < -0.39 is 0 Å². The van der Waals surface area contributed by atoms with Crippen LogP contribution in [-0.2, 0) is 0 Å². The molecule has 3 rings (SSSR count). The highest BCUT2D eigenvalue weighted by molar-refractivity contribution is 7.12. The third-order valence-corrected chi connectivity index (χ3v) is 5.54. The van der Waals surface area contributed by atoms with Crippen LogP contribution in [0.15, 0.2) is 10.6 Å². The minimum Gasteiger partial charge on any atom is -0.339 e. The molecule has 7 heteroatoms. The number of amides is 2. The third kappa shape index (κ3) is 3.61. The fraction of sp³-hybridized carbons (Fsp3) is 0.588. The fourth-order valence-corrected chi connectivity index (χ4v) is 4.27. The van der Waals surface area contributed by atoms with Crippen LogP contribution in [0.2, 0.25) is 0 Å². The molecule has 6 nitrogen and oxygen atoms in total. The molecule has 0 aromatic carbocycles. The molecule has 1 aliphatic rings. The van der Waals surface area contributed by atoms with Gasteiger partial charge in [-0.3, -0.25) is 0 Å². The summed E-state index contributed by atoms with van der Waals surface area (Å²) in [6.07, 6.45) is 1.72. The Labute approximate surface area is 146 Å². The van der Waals surface area contributed by atoms with Gasteiger partial charge in [-0.05, 0) is 52.2 Å². The Morgan fingerprint density at radius 1 is 1.38 bits per heavy atom. The number of thiophene rings is 1. The first-order chi connectivity index (χ1) is 11.4. The van der Waals surface area contributed by atoms with Crippen LogP contribution in [-0.4, -0.2) is 34.2 Å². The summed E-state index contributed by atoms with van der Waals surface area (Å²) in [6.45, 7) is 9.50. The largest absolute Gasteiger partial charge is 0.339 e. The molecule has 0 spiro atoms. The molecule has 1 N–H and O–H groups in total. The van der Waals surface area contributed by atoms with Crippen LogP contribution in [0.1, 0.15) is 58.8 Å². The van der Waals surface area contributed by atoms with Crippen molar-refractivity contribution in [1.82, 2.24) is 20.4 Å². The monoisotopic (exact) mass is 348 g/mol. The molecule has 2 amide bonds. The van der Waals surface area contributed by atoms with Gasteiger partial charge in [0.2, 0.25) is 5.89 Å². The second-order valence-electron chi connectivity index (χ2n) is 6.48. The number of rotatable bonds is 3. The van der Waals surface area contributed by atoms with Crippen LogP contribution in [0.5, 0.6) is 0 Å². The van der Waals surface area contributed by atoms with Gasteiger partial charge >= 0.3 is 6.03 Å². The third-order valence-electron chi connectivity index (χ3n) is 4.56. The summed E-state index contributed by atoms with van der Waals surface area (Å²) in [6, 6.07) is 2.19. The van der Waals surface area contributed by atoms with E-state index in [4.69, 9.17) is 4.52 Å². The fourth-order valence-electron chi connectivity index (χ4n) is 3.24. The van der Waals surface area contributed by atoms with E-state index in [0.717, 1.165) is 12.8 Å². The van der Waals surface area contributed by atoms with E-state index in [0.29, 0.717) is 24.8 Å². The predicted molar refractivity (Wildman–Crippen MR) is 93.3 cm³/mol. The van der Waals surface area contributed by atoms with Crippen molar-refractivity contribution in [2.75, 3.05) is 13.1 Å². The molecule has 0 radical (unpaired) electrons. The molecule has 130 valence electrons. The van der Waals surface area contributed by atoms with Crippen LogP contribution in [0.25, 0.3) is 0 Å². The van der Waals surface area contributed by atoms with E-state index in [1.807, 2.05) is 18.7 Å². The van der Waals surface area contributed by atoms with Crippen LogP contribution < -0.4 is 5.32 Å². The van der Waals surface area contributed by atoms with E-state index >= 15 is 0 Å². The summed E-state index contributed by atoms with van der Waals surface area (Å²) < 4.78 is 5.26. The first-order valence-electron chi connectivity index (χ1n) is 8.36. The Bertz CT molecular complexity index is 716. The molecule has 0 saturated carbocycles. The summed E-state index contributed by atoms with van der Waals surface area (Å²) in [4.78, 5) is 21.2. The maximum Gasteiger partial charge on any atom is 0.317 e. The smallest absolute Gasteiger partial charge is 0.317 e. The molecular formula is C17H24N4O2S. The van der Waals surface area contributed by atoms with E-state index in [2.05, 4.69) is 35.4 Å². The number of carbonyl (C=O) groups excluding carboxylic acids is 1. The average molecular weight is 348 g/mol. The van der Waals surface area contributed by atoms with Crippen molar-refractivity contribution in [2.45, 2.75) is 52.5 Å². The zero-order valence-electron chi connectivity index (χ0n) is 14.6. The molecule has 1 saturated heterocycles. The average Bonchev–Trinajstić information content (AvgIpc) is 3.12. The van der Waals surface area contributed by atoms with E-state index in [1.54, 1.807) is 11.3 Å². The van der Waals surface area contributed by atoms with Gasteiger partial charge in [0.15, 0.2) is 5.82 Å².